The topological polar surface area (TPSA) is 57.0 Å². The average molecular weight is 218 g/mol. The van der Waals surface area contributed by atoms with Gasteiger partial charge in [0.1, 0.15) is 0 Å². The maximum absolute atomic E-state index is 5.51. The lowest BCUT2D eigenvalue weighted by molar-refractivity contribution is 0.804. The van der Waals surface area contributed by atoms with Gasteiger partial charge < -0.3 is 16.0 Å². The molecule has 0 aromatic carbocycles. The zero-order valence-corrected chi connectivity index (χ0v) is 8.06. The molecule has 0 bridgehead atoms. The molecule has 0 atom stereocenters. The Hall–Kier alpha value is -0.320. The number of hydrogen-bond donors (Lipinski definition) is 2. The van der Waals surface area contributed by atoms with Gasteiger partial charge in [-0.3, -0.25) is 0 Å². The van der Waals surface area contributed by atoms with E-state index in [9.17, 15) is 0 Å². The van der Waals surface area contributed by atoms with Crippen LogP contribution in [0.3, 0.4) is 0 Å². The van der Waals surface area contributed by atoms with Crippen LogP contribution in [0.2, 0.25) is 0 Å². The van der Waals surface area contributed by atoms with Gasteiger partial charge in [-0.1, -0.05) is 0 Å². The Kier molecular flexibility index (Phi) is 2.70. The average Bonchev–Trinajstić information content (AvgIpc) is 2.30. The maximum Gasteiger partial charge on any atom is 0.0891 e. The number of rotatable bonds is 2. The minimum atomic E-state index is 0.550. The van der Waals surface area contributed by atoms with Crippen molar-refractivity contribution < 1.29 is 0 Å². The zero-order chi connectivity index (χ0) is 8.43. The van der Waals surface area contributed by atoms with Crippen molar-refractivity contribution >= 4 is 15.9 Å². The van der Waals surface area contributed by atoms with Crippen molar-refractivity contribution in [3.63, 3.8) is 0 Å². The third kappa shape index (κ3) is 1.47. The fourth-order valence-electron chi connectivity index (χ4n) is 1.04. The molecule has 0 aliphatic heterocycles. The van der Waals surface area contributed by atoms with Gasteiger partial charge in [0.25, 0.3) is 0 Å². The van der Waals surface area contributed by atoms with Crippen LogP contribution in [0.15, 0.2) is 10.7 Å². The second-order valence-electron chi connectivity index (χ2n) is 2.42. The lowest BCUT2D eigenvalue weighted by Crippen LogP contribution is -2.02. The lowest BCUT2D eigenvalue weighted by atomic mass is 10.3. The van der Waals surface area contributed by atoms with Crippen LogP contribution in [-0.2, 0) is 20.1 Å². The molecule has 0 radical (unpaired) electrons. The molecule has 62 valence electrons. The highest BCUT2D eigenvalue weighted by atomic mass is 79.9. The number of nitrogens with two attached hydrogens (primary N) is 2. The summed E-state index contributed by atoms with van der Waals surface area (Å²) in [5.41, 5.74) is 13.2. The van der Waals surface area contributed by atoms with Crippen molar-refractivity contribution in [3.05, 3.63) is 21.9 Å². The summed E-state index contributed by atoms with van der Waals surface area (Å²) in [7, 11) is 1.96. The van der Waals surface area contributed by atoms with Gasteiger partial charge in [-0.2, -0.15) is 0 Å². The summed E-state index contributed by atoms with van der Waals surface area (Å²) in [6.45, 7) is 1.10. The van der Waals surface area contributed by atoms with Crippen LogP contribution in [0.5, 0.6) is 0 Å². The minimum absolute atomic E-state index is 0.550. The van der Waals surface area contributed by atoms with E-state index in [1.54, 1.807) is 0 Å². The fourth-order valence-corrected chi connectivity index (χ4v) is 1.54. The van der Waals surface area contributed by atoms with Crippen LogP contribution in [0, 0.1) is 0 Å². The van der Waals surface area contributed by atoms with Crippen molar-refractivity contribution in [1.82, 2.24) is 4.57 Å². The van der Waals surface area contributed by atoms with Gasteiger partial charge in [-0.15, -0.1) is 0 Å². The molecule has 0 aliphatic carbocycles. The molecule has 0 saturated carbocycles. The molecule has 1 aromatic heterocycles. The Labute approximate surface area is 74.5 Å². The molecule has 0 spiro atoms. The second kappa shape index (κ2) is 3.38. The van der Waals surface area contributed by atoms with E-state index in [0.717, 1.165) is 15.9 Å². The standard InChI is InChI=1S/C7H12BrN3/c1-11-6(4-10)2-5(3-9)7(11)8/h2H,3-4,9-10H2,1H3. The summed E-state index contributed by atoms with van der Waals surface area (Å²) >= 11 is 3.43. The predicted molar refractivity (Wildman–Crippen MR) is 48.9 cm³/mol. The van der Waals surface area contributed by atoms with Gasteiger partial charge in [-0.25, -0.2) is 0 Å². The Bertz CT molecular complexity index is 230. The molecule has 0 amide bonds. The quantitative estimate of drug-likeness (QED) is 0.767. The van der Waals surface area contributed by atoms with Crippen molar-refractivity contribution in [2.45, 2.75) is 13.1 Å². The first-order chi connectivity index (χ1) is 5.20. The Morgan fingerprint density at radius 2 is 2.09 bits per heavy atom. The smallest absolute Gasteiger partial charge is 0.0891 e. The highest BCUT2D eigenvalue weighted by molar-refractivity contribution is 9.10. The van der Waals surface area contributed by atoms with E-state index < -0.39 is 0 Å². The third-order valence-electron chi connectivity index (χ3n) is 1.76. The maximum atomic E-state index is 5.51. The molecular weight excluding hydrogens is 206 g/mol. The van der Waals surface area contributed by atoms with Crippen molar-refractivity contribution in [3.8, 4) is 0 Å². The Morgan fingerprint density at radius 3 is 2.36 bits per heavy atom. The van der Waals surface area contributed by atoms with E-state index >= 15 is 0 Å². The normalized spacial score (nSPS) is 10.5. The molecule has 0 saturated heterocycles. The van der Waals surface area contributed by atoms with Gasteiger partial charge in [0, 0.05) is 25.8 Å². The van der Waals surface area contributed by atoms with Crippen molar-refractivity contribution in [2.75, 3.05) is 0 Å². The summed E-state index contributed by atoms with van der Waals surface area (Å²) in [5, 5.41) is 0. The first-order valence-electron chi connectivity index (χ1n) is 3.43. The summed E-state index contributed by atoms with van der Waals surface area (Å²) in [4.78, 5) is 0. The van der Waals surface area contributed by atoms with Gasteiger partial charge in [-0.05, 0) is 27.6 Å². The van der Waals surface area contributed by atoms with Crippen LogP contribution in [0.1, 0.15) is 11.3 Å². The van der Waals surface area contributed by atoms with Gasteiger partial charge in [0.15, 0.2) is 0 Å². The van der Waals surface area contributed by atoms with Crippen LogP contribution >= 0.6 is 15.9 Å². The minimum Gasteiger partial charge on any atom is -0.341 e. The largest absolute Gasteiger partial charge is 0.341 e. The van der Waals surface area contributed by atoms with Gasteiger partial charge >= 0.3 is 0 Å². The van der Waals surface area contributed by atoms with E-state index in [-0.39, 0.29) is 0 Å². The van der Waals surface area contributed by atoms with Crippen LogP contribution in [0.4, 0.5) is 0 Å². The Morgan fingerprint density at radius 1 is 1.45 bits per heavy atom. The summed E-state index contributed by atoms with van der Waals surface area (Å²) in [6, 6.07) is 2.02. The number of halogens is 1. The van der Waals surface area contributed by atoms with Crippen LogP contribution in [-0.4, -0.2) is 4.57 Å². The molecule has 0 aliphatic rings. The second-order valence-corrected chi connectivity index (χ2v) is 3.17. The van der Waals surface area contributed by atoms with Crippen LogP contribution in [0.25, 0.3) is 0 Å². The van der Waals surface area contributed by atoms with E-state index in [1.807, 2.05) is 17.7 Å². The number of aromatic nitrogens is 1. The molecule has 0 fully saturated rings. The molecule has 3 nitrogen and oxygen atoms in total. The van der Waals surface area contributed by atoms with Crippen LogP contribution < -0.4 is 11.5 Å². The number of nitrogens with zero attached hydrogens (tertiary/aromatic N) is 1. The van der Waals surface area contributed by atoms with E-state index in [4.69, 9.17) is 11.5 Å². The summed E-state index contributed by atoms with van der Waals surface area (Å²) in [5.74, 6) is 0. The first kappa shape index (κ1) is 8.77. The fraction of sp³-hybridized carbons (Fsp3) is 0.429. The number of hydrogen-bond acceptors (Lipinski definition) is 2. The van der Waals surface area contributed by atoms with E-state index in [1.165, 1.54) is 0 Å². The molecule has 4 N–H and O–H groups in total. The van der Waals surface area contributed by atoms with E-state index in [2.05, 4.69) is 15.9 Å². The third-order valence-corrected chi connectivity index (χ3v) is 2.80. The SMILES string of the molecule is Cn1c(CN)cc(CN)c1Br. The van der Waals surface area contributed by atoms with Gasteiger partial charge in [0.2, 0.25) is 0 Å². The summed E-state index contributed by atoms with van der Waals surface area (Å²) in [6.07, 6.45) is 0. The molecule has 1 aromatic rings. The lowest BCUT2D eigenvalue weighted by Gasteiger charge is -1.99. The molecule has 0 unspecified atom stereocenters. The Balaban J connectivity index is 3.12. The van der Waals surface area contributed by atoms with Crippen molar-refractivity contribution in [2.24, 2.45) is 18.5 Å². The summed E-state index contributed by atoms with van der Waals surface area (Å²) < 4.78 is 3.03. The molecule has 4 heteroatoms. The van der Waals surface area contributed by atoms with E-state index in [0.29, 0.717) is 13.1 Å². The molecule has 11 heavy (non-hydrogen) atoms. The zero-order valence-electron chi connectivity index (χ0n) is 6.47. The molecule has 1 rings (SSSR count). The highest BCUT2D eigenvalue weighted by Gasteiger charge is 2.06. The first-order valence-corrected chi connectivity index (χ1v) is 4.23. The predicted octanol–water partition coefficient (Wildman–Crippen LogP) is 0.705. The highest BCUT2D eigenvalue weighted by Crippen LogP contribution is 2.19. The molecule has 1 heterocycles. The van der Waals surface area contributed by atoms with Crippen molar-refractivity contribution in [1.29, 1.82) is 0 Å². The van der Waals surface area contributed by atoms with Gasteiger partial charge in [0.05, 0.1) is 4.60 Å². The molecular formula is C7H12BrN3. The monoisotopic (exact) mass is 217 g/mol.